The van der Waals surface area contributed by atoms with Gasteiger partial charge in [-0.05, 0) is 49.6 Å². The first-order valence-electron chi connectivity index (χ1n) is 12.2. The number of carbonyl (C=O) groups is 2. The Morgan fingerprint density at radius 3 is 2.69 bits per heavy atom. The first-order chi connectivity index (χ1) is 17.5. The predicted octanol–water partition coefficient (Wildman–Crippen LogP) is 6.73. The van der Waals surface area contributed by atoms with E-state index in [4.69, 9.17) is 16.3 Å². The van der Waals surface area contributed by atoms with Crippen LogP contribution in [0.3, 0.4) is 0 Å². The fourth-order valence-electron chi connectivity index (χ4n) is 5.23. The van der Waals surface area contributed by atoms with Crippen molar-refractivity contribution >= 4 is 50.7 Å². The van der Waals surface area contributed by atoms with E-state index in [9.17, 15) is 9.59 Å². The number of aromatic amines is 1. The number of nitrogens with one attached hydrogen (secondary N) is 1. The van der Waals surface area contributed by atoms with Crippen molar-refractivity contribution < 1.29 is 14.3 Å². The van der Waals surface area contributed by atoms with Gasteiger partial charge in [0.1, 0.15) is 5.75 Å². The van der Waals surface area contributed by atoms with Crippen molar-refractivity contribution in [2.24, 2.45) is 0 Å². The van der Waals surface area contributed by atoms with E-state index in [0.717, 1.165) is 47.6 Å². The zero-order valence-corrected chi connectivity index (χ0v) is 21.9. The fraction of sp³-hybridized carbons (Fsp3) is 0.321. The summed E-state index contributed by atoms with van der Waals surface area (Å²) in [6, 6.07) is 10.7. The summed E-state index contributed by atoms with van der Waals surface area (Å²) in [7, 11) is 1.55. The summed E-state index contributed by atoms with van der Waals surface area (Å²) >= 11 is 7.67. The maximum Gasteiger partial charge on any atom is 0.233 e. The lowest BCUT2D eigenvalue weighted by atomic mass is 9.93. The van der Waals surface area contributed by atoms with Gasteiger partial charge in [-0.3, -0.25) is 14.5 Å². The van der Waals surface area contributed by atoms with Crippen LogP contribution in [0.5, 0.6) is 5.75 Å². The highest BCUT2D eigenvalue weighted by atomic mass is 35.5. The van der Waals surface area contributed by atoms with Crippen LogP contribution in [0, 0.1) is 6.92 Å². The number of amides is 1. The number of anilines is 1. The molecule has 0 spiro atoms. The first-order valence-corrected chi connectivity index (χ1v) is 13.4. The number of hydrogen-bond donors (Lipinski definition) is 1. The van der Waals surface area contributed by atoms with E-state index in [-0.39, 0.29) is 24.2 Å². The number of rotatable bonds is 7. The van der Waals surface area contributed by atoms with Crippen molar-refractivity contribution in [3.63, 3.8) is 0 Å². The molecular weight excluding hydrogens is 494 g/mol. The van der Waals surface area contributed by atoms with Crippen molar-refractivity contribution in [1.82, 2.24) is 9.97 Å². The third-order valence-electron chi connectivity index (χ3n) is 6.94. The van der Waals surface area contributed by atoms with E-state index in [1.165, 1.54) is 17.8 Å². The number of aryl methyl sites for hydroxylation is 1. The van der Waals surface area contributed by atoms with Crippen molar-refractivity contribution in [2.45, 2.75) is 51.5 Å². The molecule has 1 fully saturated rings. The SMILES string of the molecule is COc1ccc2[nH]c(C)c(CC(=O)N(c3nccs3)C3CCCCC3)c2c1C(=O)c1cccc(Cl)c1. The molecule has 1 N–H and O–H groups in total. The Morgan fingerprint density at radius 1 is 1.19 bits per heavy atom. The number of hydrogen-bond acceptors (Lipinski definition) is 5. The van der Waals surface area contributed by atoms with E-state index >= 15 is 0 Å². The Morgan fingerprint density at radius 2 is 2.00 bits per heavy atom. The summed E-state index contributed by atoms with van der Waals surface area (Å²) in [5.74, 6) is 0.255. The molecule has 2 aromatic carbocycles. The normalized spacial score (nSPS) is 14.2. The van der Waals surface area contributed by atoms with Crippen molar-refractivity contribution in [3.05, 3.63) is 75.4 Å². The third kappa shape index (κ3) is 4.65. The summed E-state index contributed by atoms with van der Waals surface area (Å²) in [5, 5.41) is 3.84. The number of aromatic nitrogens is 2. The molecular formula is C28H28ClN3O3S. The Labute approximate surface area is 219 Å². The van der Waals surface area contributed by atoms with E-state index in [1.807, 2.05) is 23.3 Å². The number of fused-ring (bicyclic) bond motifs is 1. The molecule has 2 heterocycles. The molecule has 6 nitrogen and oxygen atoms in total. The molecule has 5 rings (SSSR count). The van der Waals surface area contributed by atoms with Gasteiger partial charge in [0.25, 0.3) is 0 Å². The van der Waals surface area contributed by atoms with Crippen molar-refractivity contribution in [2.75, 3.05) is 12.0 Å². The van der Waals surface area contributed by atoms with Crippen LogP contribution in [0.15, 0.2) is 48.0 Å². The highest BCUT2D eigenvalue weighted by Gasteiger charge is 2.31. The lowest BCUT2D eigenvalue weighted by Gasteiger charge is -2.32. The second-order valence-electron chi connectivity index (χ2n) is 9.18. The molecule has 1 amide bonds. The van der Waals surface area contributed by atoms with Crippen LogP contribution in [0.25, 0.3) is 10.9 Å². The molecule has 186 valence electrons. The average Bonchev–Trinajstić information content (AvgIpc) is 3.52. The number of methoxy groups -OCH3 is 1. The Kier molecular flexibility index (Phi) is 7.12. The first kappa shape index (κ1) is 24.5. The van der Waals surface area contributed by atoms with Crippen LogP contribution in [0.1, 0.15) is 59.3 Å². The number of ether oxygens (including phenoxy) is 1. The molecule has 4 aromatic rings. The van der Waals surface area contributed by atoms with Crippen LogP contribution in [0.2, 0.25) is 5.02 Å². The van der Waals surface area contributed by atoms with Gasteiger partial charge in [-0.2, -0.15) is 0 Å². The van der Waals surface area contributed by atoms with Gasteiger partial charge in [0.15, 0.2) is 10.9 Å². The lowest BCUT2D eigenvalue weighted by molar-refractivity contribution is -0.118. The van der Waals surface area contributed by atoms with Crippen LogP contribution in [-0.4, -0.2) is 34.8 Å². The summed E-state index contributed by atoms with van der Waals surface area (Å²) in [6.45, 7) is 1.94. The Balaban J connectivity index is 1.60. The molecule has 8 heteroatoms. The molecule has 0 bridgehead atoms. The number of H-pyrrole nitrogens is 1. The maximum atomic E-state index is 13.9. The van der Waals surface area contributed by atoms with Crippen LogP contribution < -0.4 is 9.64 Å². The quantitative estimate of drug-likeness (QED) is 0.273. The monoisotopic (exact) mass is 521 g/mol. The van der Waals surface area contributed by atoms with Crippen LogP contribution in [-0.2, 0) is 11.2 Å². The molecule has 36 heavy (non-hydrogen) atoms. The summed E-state index contributed by atoms with van der Waals surface area (Å²) in [4.78, 5) is 37.4. The van der Waals surface area contributed by atoms with E-state index in [0.29, 0.717) is 27.3 Å². The average molecular weight is 522 g/mol. The minimum atomic E-state index is -0.197. The molecule has 1 aliphatic rings. The molecule has 0 unspecified atom stereocenters. The van der Waals surface area contributed by atoms with Crippen molar-refractivity contribution in [3.8, 4) is 5.75 Å². The molecule has 0 atom stereocenters. The van der Waals surface area contributed by atoms with E-state index < -0.39 is 0 Å². The summed E-state index contributed by atoms with van der Waals surface area (Å²) in [6.07, 6.45) is 7.28. The van der Waals surface area contributed by atoms with Gasteiger partial charge >= 0.3 is 0 Å². The van der Waals surface area contributed by atoms with Gasteiger partial charge in [0.05, 0.1) is 19.1 Å². The topological polar surface area (TPSA) is 75.3 Å². The summed E-state index contributed by atoms with van der Waals surface area (Å²) < 4.78 is 5.63. The van der Waals surface area contributed by atoms with E-state index in [1.54, 1.807) is 43.6 Å². The second kappa shape index (κ2) is 10.4. The molecule has 0 saturated heterocycles. The summed E-state index contributed by atoms with van der Waals surface area (Å²) in [5.41, 5.74) is 3.35. The molecule has 1 saturated carbocycles. The zero-order valence-electron chi connectivity index (χ0n) is 20.3. The zero-order chi connectivity index (χ0) is 25.2. The number of thiazole rings is 1. The maximum absolute atomic E-state index is 13.9. The number of carbonyl (C=O) groups excluding carboxylic acids is 2. The number of nitrogens with zero attached hydrogens (tertiary/aromatic N) is 2. The second-order valence-corrected chi connectivity index (χ2v) is 10.5. The minimum absolute atomic E-state index is 0.00942. The Bertz CT molecular complexity index is 1410. The van der Waals surface area contributed by atoms with Gasteiger partial charge in [0.2, 0.25) is 5.91 Å². The van der Waals surface area contributed by atoms with Gasteiger partial charge in [-0.15, -0.1) is 11.3 Å². The van der Waals surface area contributed by atoms with Crippen LogP contribution in [0.4, 0.5) is 5.13 Å². The number of benzene rings is 2. The van der Waals surface area contributed by atoms with Crippen molar-refractivity contribution in [1.29, 1.82) is 0 Å². The third-order valence-corrected chi connectivity index (χ3v) is 7.95. The van der Waals surface area contributed by atoms with Gasteiger partial charge in [-0.1, -0.05) is 43.0 Å². The van der Waals surface area contributed by atoms with Crippen LogP contribution >= 0.6 is 22.9 Å². The molecule has 2 aromatic heterocycles. The highest BCUT2D eigenvalue weighted by Crippen LogP contribution is 2.36. The smallest absolute Gasteiger partial charge is 0.233 e. The van der Waals surface area contributed by atoms with Gasteiger partial charge < -0.3 is 9.72 Å². The largest absolute Gasteiger partial charge is 0.496 e. The highest BCUT2D eigenvalue weighted by molar-refractivity contribution is 7.13. The standard InChI is InChI=1S/C28H28ClN3O3S/c1-17-21(16-24(33)32(28-30-13-14-36-28)20-9-4-3-5-10-20)25-22(31-17)11-12-23(35-2)26(25)27(34)18-7-6-8-19(29)15-18/h6-8,11-15,20,31H,3-5,9-10,16H2,1-2H3. The lowest BCUT2D eigenvalue weighted by Crippen LogP contribution is -2.42. The van der Waals surface area contributed by atoms with Gasteiger partial charge in [-0.25, -0.2) is 4.98 Å². The Hall–Kier alpha value is -3.16. The minimum Gasteiger partial charge on any atom is -0.496 e. The molecule has 0 radical (unpaired) electrons. The predicted molar refractivity (Wildman–Crippen MR) is 145 cm³/mol. The number of halogens is 1. The number of ketones is 1. The molecule has 1 aliphatic carbocycles. The van der Waals surface area contributed by atoms with E-state index in [2.05, 4.69) is 9.97 Å². The fourth-order valence-corrected chi connectivity index (χ4v) is 6.15. The van der Waals surface area contributed by atoms with Gasteiger partial charge in [0, 0.05) is 44.8 Å². The molecule has 0 aliphatic heterocycles.